The van der Waals surface area contributed by atoms with Crippen molar-refractivity contribution in [2.75, 3.05) is 7.11 Å². The summed E-state index contributed by atoms with van der Waals surface area (Å²) in [6, 6.07) is 28.8. The van der Waals surface area contributed by atoms with Gasteiger partial charge in [-0.05, 0) is 171 Å². The molecular formula is C85H110N8O2. The van der Waals surface area contributed by atoms with Gasteiger partial charge < -0.3 is 14.7 Å². The van der Waals surface area contributed by atoms with Crippen molar-refractivity contribution >= 4 is 50.1 Å². The lowest BCUT2D eigenvalue weighted by atomic mass is 9.92. The van der Waals surface area contributed by atoms with E-state index in [4.69, 9.17) is 34.6 Å². The van der Waals surface area contributed by atoms with E-state index < -0.39 is 0 Å². The third-order valence-electron chi connectivity index (χ3n) is 20.0. The minimum Gasteiger partial charge on any atom is -0.469 e. The molecule has 0 fully saturated rings. The number of H-pyrrole nitrogens is 2. The lowest BCUT2D eigenvalue weighted by Crippen LogP contribution is -2.04. The van der Waals surface area contributed by atoms with Crippen LogP contribution >= 0.6 is 0 Å². The Morgan fingerprint density at radius 1 is 0.358 bits per heavy atom. The number of aromatic nitrogens is 8. The fraction of sp³-hybridized carbons (Fsp3) is 0.518. The van der Waals surface area contributed by atoms with Crippen molar-refractivity contribution in [3.8, 4) is 57.4 Å². The molecule has 8 bridgehead atoms. The van der Waals surface area contributed by atoms with Gasteiger partial charge in [-0.25, -0.2) is 29.9 Å². The second-order valence-corrected chi connectivity index (χ2v) is 27.5. The van der Waals surface area contributed by atoms with Crippen molar-refractivity contribution in [2.45, 2.75) is 279 Å². The van der Waals surface area contributed by atoms with E-state index in [0.717, 1.165) is 142 Å². The van der Waals surface area contributed by atoms with Gasteiger partial charge in [-0.2, -0.15) is 0 Å². The Hall–Kier alpha value is -7.51. The normalized spacial score (nSPS) is 11.8. The monoisotopic (exact) mass is 1270 g/mol. The molecule has 8 aromatic rings. The van der Waals surface area contributed by atoms with E-state index in [1.807, 2.05) is 24.3 Å². The fourth-order valence-corrected chi connectivity index (χ4v) is 14.3. The average molecular weight is 1280 g/mol. The minimum atomic E-state index is -0.272. The summed E-state index contributed by atoms with van der Waals surface area (Å²) in [6.45, 7) is 13.8. The van der Waals surface area contributed by atoms with Crippen LogP contribution in [0.4, 0.5) is 0 Å². The number of methoxy groups -OCH3 is 1. The van der Waals surface area contributed by atoms with E-state index in [9.17, 15) is 4.79 Å². The van der Waals surface area contributed by atoms with Gasteiger partial charge in [-0.3, -0.25) is 4.79 Å². The molecule has 10 nitrogen and oxygen atoms in total. The Kier molecular flexibility index (Phi) is 27.1. The highest BCUT2D eigenvalue weighted by atomic mass is 16.5. The maximum Gasteiger partial charge on any atom is 0.309 e. The highest BCUT2D eigenvalue weighted by Gasteiger charge is 2.26. The quantitative estimate of drug-likeness (QED) is 0.0222. The number of aryl methyl sites for hydroxylation is 6. The largest absolute Gasteiger partial charge is 0.469 e. The fourth-order valence-electron chi connectivity index (χ4n) is 14.3. The molecule has 10 heteroatoms. The van der Waals surface area contributed by atoms with Gasteiger partial charge in [-0.1, -0.05) is 232 Å². The van der Waals surface area contributed by atoms with Crippen LogP contribution in [0.15, 0.2) is 78.9 Å². The topological polar surface area (TPSA) is 135 Å². The van der Waals surface area contributed by atoms with E-state index in [-0.39, 0.29) is 12.4 Å². The Morgan fingerprint density at radius 3 is 1.04 bits per heavy atom. The molecule has 10 rings (SSSR count). The van der Waals surface area contributed by atoms with E-state index in [2.05, 4.69) is 118 Å². The molecule has 0 saturated heterocycles. The van der Waals surface area contributed by atoms with Crippen LogP contribution in [0.2, 0.25) is 0 Å². The number of rotatable bonds is 38. The summed E-state index contributed by atoms with van der Waals surface area (Å²) in [5.41, 5.74) is 17.8. The Labute approximate surface area is 569 Å². The first-order valence-corrected chi connectivity index (χ1v) is 37.9. The number of nitrogens with one attached hydrogen (secondary N) is 2. The zero-order valence-electron chi connectivity index (χ0n) is 59.2. The number of esters is 1. The van der Waals surface area contributed by atoms with Crippen LogP contribution in [0.1, 0.15) is 284 Å². The van der Waals surface area contributed by atoms with Gasteiger partial charge in [0, 0.05) is 54.9 Å². The van der Waals surface area contributed by atoms with Crippen LogP contribution in [-0.4, -0.2) is 53.0 Å². The number of carbonyl (C=O) groups excluding carboxylic acids is 1. The number of ether oxygens (including phenoxy) is 1. The van der Waals surface area contributed by atoms with E-state index in [1.54, 1.807) is 0 Å². The summed E-state index contributed by atoms with van der Waals surface area (Å²) in [6.07, 6.45) is 43.2. The highest BCUT2D eigenvalue weighted by molar-refractivity contribution is 6.09. The predicted molar refractivity (Wildman–Crippen MR) is 399 cm³/mol. The van der Waals surface area contributed by atoms with Gasteiger partial charge in [0.25, 0.3) is 0 Å². The van der Waals surface area contributed by atoms with Crippen LogP contribution in [-0.2, 0) is 54.5 Å². The third kappa shape index (κ3) is 18.7. The Balaban J connectivity index is 1.26. The van der Waals surface area contributed by atoms with Gasteiger partial charge in [0.1, 0.15) is 22.6 Å². The molecule has 0 amide bonds. The molecule has 0 saturated carbocycles. The van der Waals surface area contributed by atoms with Crippen molar-refractivity contribution < 1.29 is 9.53 Å². The predicted octanol–water partition coefficient (Wildman–Crippen LogP) is 23.1. The second-order valence-electron chi connectivity index (χ2n) is 27.5. The number of hydrogen-bond donors (Lipinski definition) is 2. The molecule has 2 aliphatic heterocycles. The molecule has 5 heterocycles. The molecule has 3 aromatic heterocycles. The van der Waals surface area contributed by atoms with Gasteiger partial charge in [0.05, 0.1) is 13.5 Å². The molecule has 2 aliphatic rings. The van der Waals surface area contributed by atoms with Crippen LogP contribution in [0.3, 0.4) is 0 Å². The lowest BCUT2D eigenvalue weighted by Gasteiger charge is -2.13. The number of benzene rings is 5. The van der Waals surface area contributed by atoms with Crippen molar-refractivity contribution in [3.63, 3.8) is 0 Å². The molecule has 0 unspecified atom stereocenters. The van der Waals surface area contributed by atoms with Crippen molar-refractivity contribution in [1.82, 2.24) is 39.9 Å². The van der Waals surface area contributed by atoms with Gasteiger partial charge in [0.15, 0.2) is 23.3 Å². The smallest absolute Gasteiger partial charge is 0.309 e. The number of fused-ring (bicyclic) bond motifs is 20. The number of unbranched alkanes of at least 4 members (excludes halogenated alkanes) is 24. The van der Waals surface area contributed by atoms with E-state index in [1.165, 1.54) is 201 Å². The number of carbonyl (C=O) groups is 1. The zero-order valence-corrected chi connectivity index (χ0v) is 59.2. The maximum absolute atomic E-state index is 12.2. The first-order valence-electron chi connectivity index (χ1n) is 37.9. The lowest BCUT2D eigenvalue weighted by molar-refractivity contribution is -0.139. The van der Waals surface area contributed by atoms with Crippen LogP contribution in [0.5, 0.6) is 0 Å². The first-order chi connectivity index (χ1) is 46.7. The summed E-state index contributed by atoms with van der Waals surface area (Å²) >= 11 is 0. The summed E-state index contributed by atoms with van der Waals surface area (Å²) < 4.78 is 4.97. The van der Waals surface area contributed by atoms with Crippen molar-refractivity contribution in [1.29, 1.82) is 0 Å². The molecule has 95 heavy (non-hydrogen) atoms. The molecule has 502 valence electrons. The number of aromatic amines is 2. The number of nitrogens with zero attached hydrogens (tertiary/aromatic N) is 6. The van der Waals surface area contributed by atoms with Gasteiger partial charge in [0.2, 0.25) is 0 Å². The summed E-state index contributed by atoms with van der Waals surface area (Å²) in [5.74, 6) is 9.36. The molecule has 0 atom stereocenters. The standard InChI is InChI=1S/C85H110N8O2/c1-8-14-20-26-32-39-63-54-70-71(55-64(63)40-33-27-21-15-9-2)80-87-79(70)86-78-69-46-38-45-62(52-51-60-47-49-61(50-48-60)53-76(94)95-7)77(69)85(92-78)93-84-75-59-68(44-37-31-25-19-13-6)67(43-36-30-24-18-12-5)58-74(75)83(91-84)90-82-73-57-66(42-35-29-23-17-11-4)65(41-34-28-22-16-10-3)56-72(73)81(88-80)89-82/h38,45-50,54-59H,8-37,39-44,53H2,1-7H3,(H2,86,87,88,89,90,91,92,93). The van der Waals surface area contributed by atoms with Crippen LogP contribution in [0, 0.1) is 11.8 Å². The van der Waals surface area contributed by atoms with Gasteiger partial charge >= 0.3 is 5.97 Å². The summed E-state index contributed by atoms with van der Waals surface area (Å²) in [4.78, 5) is 54.1. The molecule has 0 aliphatic carbocycles. The molecule has 0 radical (unpaired) electrons. The summed E-state index contributed by atoms with van der Waals surface area (Å²) in [7, 11) is 1.42. The van der Waals surface area contributed by atoms with Crippen molar-refractivity contribution in [2.24, 2.45) is 0 Å². The highest BCUT2D eigenvalue weighted by Crippen LogP contribution is 2.41. The van der Waals surface area contributed by atoms with Crippen molar-refractivity contribution in [3.05, 3.63) is 129 Å². The second kappa shape index (κ2) is 36.6. The third-order valence-corrected chi connectivity index (χ3v) is 20.0. The zero-order chi connectivity index (χ0) is 66.1. The van der Waals surface area contributed by atoms with E-state index in [0.29, 0.717) is 34.6 Å². The Bertz CT molecular complexity index is 4070. The van der Waals surface area contributed by atoms with Crippen LogP contribution < -0.4 is 0 Å². The maximum atomic E-state index is 12.2. The SMILES string of the molecule is CCCCCCCc1cc2c(cc1CCCCCCC)-c1nc-2nc2[nH]c(nc3nc(nc4[nH]c(n1)c1cccc(C#Cc5ccc(CC(=O)OC)cc5)c41)-c1cc(CCCCCCC)c(CCCCCCC)cc1-3)c1cc(CCCCCCC)c(CCCCCCC)cc21. The van der Waals surface area contributed by atoms with E-state index >= 15 is 0 Å². The first kappa shape index (κ1) is 70.3. The van der Waals surface area contributed by atoms with Crippen LogP contribution in [0.25, 0.3) is 89.7 Å². The van der Waals surface area contributed by atoms with Gasteiger partial charge in [-0.15, -0.1) is 0 Å². The molecule has 5 aromatic carbocycles. The number of hydrogen-bond acceptors (Lipinski definition) is 8. The molecule has 0 spiro atoms. The summed E-state index contributed by atoms with van der Waals surface area (Å²) in [5, 5.41) is 3.90. The average Bonchev–Trinajstić information content (AvgIpc) is 1.62. The molecular weight excluding hydrogens is 1160 g/mol. The molecule has 2 N–H and O–H groups in total. The minimum absolute atomic E-state index is 0.205. The Morgan fingerprint density at radius 2 is 0.684 bits per heavy atom.